The van der Waals surface area contributed by atoms with E-state index in [2.05, 4.69) is 16.0 Å². The molecule has 2 saturated heterocycles. The summed E-state index contributed by atoms with van der Waals surface area (Å²) in [5.74, 6) is -5.08. The van der Waals surface area contributed by atoms with Gasteiger partial charge in [-0.3, -0.25) is 38.4 Å². The predicted molar refractivity (Wildman–Crippen MR) is 254 cm³/mol. The number of piperidine rings is 1. The van der Waals surface area contributed by atoms with Crippen molar-refractivity contribution in [2.75, 3.05) is 54.4 Å². The molecule has 0 spiro atoms. The lowest BCUT2D eigenvalue weighted by atomic mass is 9.98. The highest BCUT2D eigenvalue weighted by Crippen LogP contribution is 2.20. The monoisotopic (exact) mass is 941 g/mol. The zero-order valence-corrected chi connectivity index (χ0v) is 42.1. The van der Waals surface area contributed by atoms with Crippen LogP contribution < -0.4 is 16.0 Å². The average Bonchev–Trinajstić information content (AvgIpc) is 3.27. The third-order valence-electron chi connectivity index (χ3n) is 12.4. The van der Waals surface area contributed by atoms with Crippen molar-refractivity contribution in [1.29, 1.82) is 0 Å². The minimum atomic E-state index is -1.54. The minimum Gasteiger partial charge on any atom is -0.391 e. The van der Waals surface area contributed by atoms with Gasteiger partial charge in [-0.15, -0.1) is 0 Å². The number of hydrogen-bond donors (Lipinski definition) is 4. The molecule has 376 valence electrons. The van der Waals surface area contributed by atoms with E-state index in [4.69, 9.17) is 4.74 Å². The van der Waals surface area contributed by atoms with E-state index in [0.29, 0.717) is 13.1 Å². The number of carbonyl (C=O) groups is 8. The molecule has 67 heavy (non-hydrogen) atoms. The standard InChI is InChI=1S/C49H80N8O10/c1-31(2)26-37-43(61)50-35(47(65)57-24-17-14-18-25-57)29-41(60)53(9)23-19-22-40(59)54(10)39(28-34-20-15-13-16-21-34)45(63)52-42(33(5)58)48(66)56(12)38(27-32(3)4)44(62)51-36(46(64)55(37)11)30-67-49(6,7)8/h13,15-16,20-21,31-33,35-39,42,58H,14,17-19,22-30H2,1-12H3,(H,50,61)(H,51,62)(H,52,63)/t33-,35+,36+,37+,38+,39+,42+/m1/s1. The highest BCUT2D eigenvalue weighted by Gasteiger charge is 2.41. The second-order valence-corrected chi connectivity index (χ2v) is 20.2. The second-order valence-electron chi connectivity index (χ2n) is 20.2. The SMILES string of the molecule is CC(C)C[C@H]1C(=O)N[C@H](C(=O)N2CCCCC2)CC(=O)N(C)CCCC(=O)N(C)[C@@H](Cc2ccccc2)C(=O)N[C@@H]([C@@H](C)O)C(=O)N(C)[C@@H](CC(C)C)C(=O)N[C@@H](COC(C)(C)C)C(=O)N1C. The summed E-state index contributed by atoms with van der Waals surface area (Å²) in [5.41, 5.74) is -0.0317. The molecule has 0 aliphatic carbocycles. The molecule has 8 amide bonds. The van der Waals surface area contributed by atoms with Crippen LogP contribution >= 0.6 is 0 Å². The molecular formula is C49H80N8O10. The molecule has 1 aromatic carbocycles. The molecule has 2 fully saturated rings. The van der Waals surface area contributed by atoms with Gasteiger partial charge in [0.1, 0.15) is 36.3 Å². The van der Waals surface area contributed by atoms with Crippen molar-refractivity contribution in [3.05, 3.63) is 35.9 Å². The lowest BCUT2D eigenvalue weighted by Gasteiger charge is -2.37. The van der Waals surface area contributed by atoms with E-state index in [0.717, 1.165) is 29.7 Å². The Hall–Kier alpha value is -5.10. The van der Waals surface area contributed by atoms with E-state index < -0.39 is 95.2 Å². The first kappa shape index (κ1) is 56.2. The van der Waals surface area contributed by atoms with Gasteiger partial charge in [-0.25, -0.2) is 0 Å². The summed E-state index contributed by atoms with van der Waals surface area (Å²) < 4.78 is 6.07. The number of nitrogens with one attached hydrogen (secondary N) is 3. The Balaban J connectivity index is 2.18. The maximum absolute atomic E-state index is 14.7. The van der Waals surface area contributed by atoms with Gasteiger partial charge in [0.15, 0.2) is 0 Å². The van der Waals surface area contributed by atoms with E-state index in [1.54, 1.807) is 57.0 Å². The molecule has 0 unspecified atom stereocenters. The van der Waals surface area contributed by atoms with Crippen molar-refractivity contribution in [1.82, 2.24) is 40.4 Å². The number of amides is 8. The first-order chi connectivity index (χ1) is 31.3. The quantitative estimate of drug-likeness (QED) is 0.268. The van der Waals surface area contributed by atoms with Gasteiger partial charge >= 0.3 is 0 Å². The molecule has 3 rings (SSSR count). The Morgan fingerprint density at radius 2 is 1.22 bits per heavy atom. The molecule has 18 nitrogen and oxygen atoms in total. The van der Waals surface area contributed by atoms with Crippen molar-refractivity contribution in [2.45, 2.75) is 161 Å². The van der Waals surface area contributed by atoms with Gasteiger partial charge < -0.3 is 50.3 Å². The van der Waals surface area contributed by atoms with Crippen LogP contribution in [-0.4, -0.2) is 179 Å². The largest absolute Gasteiger partial charge is 0.391 e. The van der Waals surface area contributed by atoms with Crippen molar-refractivity contribution >= 4 is 47.3 Å². The number of likely N-dealkylation sites (tertiary alicyclic amines) is 1. The summed E-state index contributed by atoms with van der Waals surface area (Å²) in [4.78, 5) is 121. The van der Waals surface area contributed by atoms with Crippen LogP contribution in [-0.2, 0) is 49.5 Å². The van der Waals surface area contributed by atoms with Gasteiger partial charge in [0.25, 0.3) is 0 Å². The van der Waals surface area contributed by atoms with Crippen molar-refractivity contribution in [3.8, 4) is 0 Å². The molecule has 7 atom stereocenters. The lowest BCUT2D eigenvalue weighted by Crippen LogP contribution is -2.62. The summed E-state index contributed by atoms with van der Waals surface area (Å²) in [6, 6.07) is 1.37. The third kappa shape index (κ3) is 17.2. The first-order valence-electron chi connectivity index (χ1n) is 23.9. The summed E-state index contributed by atoms with van der Waals surface area (Å²) in [5, 5.41) is 19.4. The van der Waals surface area contributed by atoms with E-state index in [9.17, 15) is 43.5 Å². The smallest absolute Gasteiger partial charge is 0.248 e. The van der Waals surface area contributed by atoms with E-state index in [1.807, 2.05) is 33.8 Å². The van der Waals surface area contributed by atoms with Crippen LogP contribution in [0.3, 0.4) is 0 Å². The normalized spacial score (nSPS) is 25.2. The number of rotatable bonds is 10. The summed E-state index contributed by atoms with van der Waals surface area (Å²) in [6.07, 6.45) is 1.18. The van der Waals surface area contributed by atoms with Gasteiger partial charge in [0, 0.05) is 60.7 Å². The zero-order chi connectivity index (χ0) is 50.3. The van der Waals surface area contributed by atoms with E-state index in [-0.39, 0.29) is 63.5 Å². The molecule has 2 aliphatic heterocycles. The molecule has 0 bridgehead atoms. The molecule has 2 heterocycles. The highest BCUT2D eigenvalue weighted by molar-refractivity contribution is 5.98. The number of carbonyl (C=O) groups excluding carboxylic acids is 8. The second kappa shape index (κ2) is 25.9. The topological polar surface area (TPSA) is 218 Å². The fraction of sp³-hybridized carbons (Fsp3) is 0.714. The average molecular weight is 941 g/mol. The third-order valence-corrected chi connectivity index (χ3v) is 12.4. The Labute approximate surface area is 398 Å². The van der Waals surface area contributed by atoms with Crippen LogP contribution in [0.15, 0.2) is 30.3 Å². The number of aliphatic hydroxyl groups excluding tert-OH is 1. The summed E-state index contributed by atoms with van der Waals surface area (Å²) in [7, 11) is 5.86. The Bertz CT molecular complexity index is 1850. The number of likely N-dealkylation sites (N-methyl/N-ethyl adjacent to an activating group) is 3. The molecule has 4 N–H and O–H groups in total. The molecule has 1 aromatic rings. The van der Waals surface area contributed by atoms with Gasteiger partial charge in [-0.05, 0) is 83.6 Å². The molecule has 0 aromatic heterocycles. The van der Waals surface area contributed by atoms with Crippen LogP contribution in [0.5, 0.6) is 0 Å². The first-order valence-corrected chi connectivity index (χ1v) is 23.9. The van der Waals surface area contributed by atoms with Gasteiger partial charge in [-0.1, -0.05) is 58.0 Å². The van der Waals surface area contributed by atoms with Crippen molar-refractivity contribution in [2.24, 2.45) is 11.8 Å². The van der Waals surface area contributed by atoms with Crippen LogP contribution in [0, 0.1) is 11.8 Å². The zero-order valence-electron chi connectivity index (χ0n) is 42.1. The Morgan fingerprint density at radius 3 is 1.76 bits per heavy atom. The van der Waals surface area contributed by atoms with Crippen LogP contribution in [0.2, 0.25) is 0 Å². The number of aliphatic hydroxyl groups is 1. The fourth-order valence-corrected chi connectivity index (χ4v) is 8.28. The fourth-order valence-electron chi connectivity index (χ4n) is 8.28. The van der Waals surface area contributed by atoms with E-state index in [1.165, 1.54) is 42.8 Å². The number of nitrogens with zero attached hydrogens (tertiary/aromatic N) is 5. The van der Waals surface area contributed by atoms with Crippen LogP contribution in [0.25, 0.3) is 0 Å². The number of hydrogen-bond acceptors (Lipinski definition) is 10. The predicted octanol–water partition coefficient (Wildman–Crippen LogP) is 2.11. The van der Waals surface area contributed by atoms with Crippen molar-refractivity contribution < 1.29 is 48.2 Å². The molecule has 18 heteroatoms. The molecule has 2 aliphatic rings. The van der Waals surface area contributed by atoms with Crippen molar-refractivity contribution in [3.63, 3.8) is 0 Å². The lowest BCUT2D eigenvalue weighted by molar-refractivity contribution is -0.149. The van der Waals surface area contributed by atoms with Gasteiger partial charge in [0.2, 0.25) is 47.3 Å². The maximum Gasteiger partial charge on any atom is 0.248 e. The van der Waals surface area contributed by atoms with Gasteiger partial charge in [0.05, 0.1) is 24.7 Å². The van der Waals surface area contributed by atoms with Crippen LogP contribution in [0.4, 0.5) is 0 Å². The highest BCUT2D eigenvalue weighted by atomic mass is 16.5. The minimum absolute atomic E-state index is 0.0634. The van der Waals surface area contributed by atoms with Crippen LogP contribution in [0.1, 0.15) is 112 Å². The Kier molecular flexibility index (Phi) is 21.7. The molecule has 0 saturated carbocycles. The molecular weight excluding hydrogens is 861 g/mol. The van der Waals surface area contributed by atoms with Gasteiger partial charge in [-0.2, -0.15) is 0 Å². The number of ether oxygens (including phenoxy) is 1. The maximum atomic E-state index is 14.7. The number of benzene rings is 1. The van der Waals surface area contributed by atoms with E-state index >= 15 is 0 Å². The Morgan fingerprint density at radius 1 is 0.687 bits per heavy atom. The summed E-state index contributed by atoms with van der Waals surface area (Å²) >= 11 is 0. The summed E-state index contributed by atoms with van der Waals surface area (Å²) in [6.45, 7) is 14.9. The molecule has 0 radical (unpaired) electrons.